The van der Waals surface area contributed by atoms with Crippen LogP contribution in [0, 0.1) is 0 Å². The van der Waals surface area contributed by atoms with E-state index >= 15 is 0 Å². The van der Waals surface area contributed by atoms with Crippen LogP contribution in [-0.2, 0) is 75.8 Å². The lowest BCUT2D eigenvalue weighted by Crippen LogP contribution is -2.68. The Morgan fingerprint density at radius 3 is 0.318 bits per heavy atom. The van der Waals surface area contributed by atoms with Crippen LogP contribution in [0.4, 0.5) is 0 Å². The molecule has 16 bridgehead atoms. The van der Waals surface area contributed by atoms with Crippen LogP contribution in [0.2, 0.25) is 0 Å². The van der Waals surface area contributed by atoms with Gasteiger partial charge in [0.2, 0.25) is 0 Å². The summed E-state index contributed by atoms with van der Waals surface area (Å²) < 4.78 is 96.6. The molecule has 512 valence electrons. The van der Waals surface area contributed by atoms with Crippen LogP contribution in [0.3, 0.4) is 0 Å². The normalized spacial score (nSPS) is 55.4. The van der Waals surface area contributed by atoms with Crippen LogP contribution < -0.4 is 0 Å². The summed E-state index contributed by atoms with van der Waals surface area (Å²) in [5, 5.41) is 184. The molecule has 0 aliphatic carbocycles. The summed E-state index contributed by atoms with van der Waals surface area (Å²) in [6, 6.07) is 0. The largest absolute Gasteiger partial charge is 0.387 e. The van der Waals surface area contributed by atoms with Gasteiger partial charge in [0.25, 0.3) is 0 Å². The molecule has 0 unspecified atom stereocenters. The van der Waals surface area contributed by atoms with Crippen molar-refractivity contribution in [1.29, 1.82) is 0 Å². The number of ether oxygens (including phenoxy) is 16. The first kappa shape index (κ1) is 74.8. The van der Waals surface area contributed by atoms with Crippen LogP contribution in [-0.4, -0.2) is 370 Å². The van der Waals surface area contributed by atoms with Gasteiger partial charge in [-0.25, -0.2) is 0 Å². The van der Waals surface area contributed by atoms with E-state index in [1.54, 1.807) is 0 Å². The van der Waals surface area contributed by atoms with Crippen LogP contribution in [0.15, 0.2) is 0 Å². The quantitative estimate of drug-likeness (QED) is 0.101. The molecule has 30 aliphatic rings. The minimum Gasteiger partial charge on any atom is -0.387 e. The van der Waals surface area contributed by atoms with Gasteiger partial charge in [-0.3, -0.25) is 0 Å². The van der Waals surface area contributed by atoms with E-state index in [0.29, 0.717) is 0 Å². The molecule has 40 atom stereocenters. The summed E-state index contributed by atoms with van der Waals surface area (Å²) in [5.41, 5.74) is 0. The highest BCUT2D eigenvalue weighted by Crippen LogP contribution is 2.41. The zero-order valence-corrected chi connectivity index (χ0v) is 58.1. The highest BCUT2D eigenvalue weighted by molar-refractivity contribution is 9.10. The number of aliphatic hydroxyl groups excluding tert-OH is 16. The van der Waals surface area contributed by atoms with Gasteiger partial charge in [-0.2, -0.15) is 0 Å². The fourth-order valence-corrected chi connectivity index (χ4v) is 15.9. The Balaban J connectivity index is 0.975. The number of alkyl halides is 8. The van der Waals surface area contributed by atoms with E-state index in [1.165, 1.54) is 0 Å². The smallest absolute Gasteiger partial charge is 0.187 e. The Bertz CT molecular complexity index is 1730. The second kappa shape index (κ2) is 32.7. The Morgan fingerprint density at radius 2 is 0.239 bits per heavy atom. The topological polar surface area (TPSA) is 471 Å². The maximum Gasteiger partial charge on any atom is 0.187 e. The van der Waals surface area contributed by atoms with Gasteiger partial charge < -0.3 is 157 Å². The van der Waals surface area contributed by atoms with Crippen molar-refractivity contribution in [2.45, 2.75) is 246 Å². The Labute approximate surface area is 568 Å². The zero-order chi connectivity index (χ0) is 64.1. The number of hydrogen-bond acceptors (Lipinski definition) is 32. The van der Waals surface area contributed by atoms with E-state index in [9.17, 15) is 81.7 Å². The van der Waals surface area contributed by atoms with Crippen LogP contribution >= 0.6 is 127 Å². The van der Waals surface area contributed by atoms with Crippen molar-refractivity contribution >= 4 is 127 Å². The third-order valence-electron chi connectivity index (χ3n) is 16.7. The Morgan fingerprint density at radius 1 is 0.148 bits per heavy atom. The molecule has 0 amide bonds. The molecule has 40 heteroatoms. The van der Waals surface area contributed by atoms with Crippen molar-refractivity contribution in [3.05, 3.63) is 0 Å². The summed E-state index contributed by atoms with van der Waals surface area (Å²) in [6.45, 7) is 0. The van der Waals surface area contributed by atoms with Gasteiger partial charge >= 0.3 is 0 Å². The van der Waals surface area contributed by atoms with Crippen molar-refractivity contribution in [3.8, 4) is 0 Å². The molecule has 0 aromatic heterocycles. The zero-order valence-electron chi connectivity index (χ0n) is 45.5. The molecule has 0 aromatic carbocycles. The van der Waals surface area contributed by atoms with Crippen molar-refractivity contribution in [2.24, 2.45) is 0 Å². The van der Waals surface area contributed by atoms with Gasteiger partial charge in [0, 0.05) is 42.6 Å². The second-order valence-electron chi connectivity index (χ2n) is 22.2. The van der Waals surface area contributed by atoms with Crippen molar-refractivity contribution < 1.29 is 157 Å². The molecule has 32 nitrogen and oxygen atoms in total. The van der Waals surface area contributed by atoms with Gasteiger partial charge in [0.05, 0.1) is 48.8 Å². The number of hydrogen-bond donors (Lipinski definition) is 16. The second-order valence-corrected chi connectivity index (χ2v) is 27.4. The predicted molar refractivity (Wildman–Crippen MR) is 315 cm³/mol. The first-order valence-electron chi connectivity index (χ1n) is 27.7. The highest BCUT2D eigenvalue weighted by atomic mass is 79.9. The number of halogens is 8. The number of rotatable bonds is 8. The fourth-order valence-electron chi connectivity index (χ4n) is 11.7. The van der Waals surface area contributed by atoms with E-state index in [1.807, 2.05) is 0 Å². The Hall–Kier alpha value is 2.56. The lowest BCUT2D eigenvalue weighted by molar-refractivity contribution is -0.396. The summed E-state index contributed by atoms with van der Waals surface area (Å²) in [7, 11) is 0. The van der Waals surface area contributed by atoms with Crippen LogP contribution in [0.25, 0.3) is 0 Å². The Kier molecular flexibility index (Phi) is 27.8. The first-order valence-corrected chi connectivity index (χ1v) is 36.7. The van der Waals surface area contributed by atoms with Crippen LogP contribution in [0.5, 0.6) is 0 Å². The van der Waals surface area contributed by atoms with Gasteiger partial charge in [-0.05, 0) is 0 Å². The molecule has 0 radical (unpaired) electrons. The molecular formula is C48H72Br8O32. The minimum absolute atomic E-state index is 0.130. The predicted octanol–water partition coefficient (Wildman–Crippen LogP) is -6.19. The lowest BCUT2D eigenvalue weighted by atomic mass is 9.95. The van der Waals surface area contributed by atoms with E-state index in [4.69, 9.17) is 75.8 Å². The molecule has 88 heavy (non-hydrogen) atoms. The van der Waals surface area contributed by atoms with Crippen molar-refractivity contribution in [3.63, 3.8) is 0 Å². The third kappa shape index (κ3) is 15.3. The molecular weight excluding hydrogens is 1730 g/mol. The molecule has 30 heterocycles. The summed E-state index contributed by atoms with van der Waals surface area (Å²) in [5.74, 6) is 0. The van der Waals surface area contributed by atoms with Crippen molar-refractivity contribution in [2.75, 3.05) is 42.6 Å². The monoisotopic (exact) mass is 1790 g/mol. The van der Waals surface area contributed by atoms with Crippen LogP contribution in [0.1, 0.15) is 0 Å². The molecule has 0 saturated carbocycles. The lowest BCUT2D eigenvalue weighted by Gasteiger charge is -2.50. The molecule has 30 saturated heterocycles. The van der Waals surface area contributed by atoms with Gasteiger partial charge in [0.1, 0.15) is 146 Å². The average Bonchev–Trinajstić information content (AvgIpc) is 1.09. The van der Waals surface area contributed by atoms with Gasteiger partial charge in [0.15, 0.2) is 50.3 Å². The standard InChI is InChI=1S/C48H72Br8O32/c49-1-9-33-17(57)25(65)41(73-9)82-34-10(2-50)75-43(27(67)19(34)59)84-36-12(4-52)77-45(29(69)21(36)61)86-38-14(6-54)79-47(31(71)23(38)63)88-40-16(8-56)80-48(32(72)24(40)64)87-39-15(7-55)78-46(30(70)22(39)62)85-37-13(5-53)76-44(28(68)20(37)60)83-35-11(3-51)74-42(81-33)26(66)18(35)58/h9-48,57-72H,1-8H2/t9-,10-,11-,12-,13-,14-,15-,16-,17-,18-,19-,20-,21-,22-,23-,24-,25-,26-,27-,28-,29-,30-,31-,32-,33-,34-,35-,36-,37-,38-,39-,40-,41-,42-,43-,44-,45-,46-,47-,48-/m1/s1. The minimum atomic E-state index is -1.99. The average molecular weight is 1800 g/mol. The fraction of sp³-hybridized carbons (Fsp3) is 1.00. The first-order chi connectivity index (χ1) is 41.9. The summed E-state index contributed by atoms with van der Waals surface area (Å²) in [4.78, 5) is 0. The van der Waals surface area contributed by atoms with Gasteiger partial charge in [-0.15, -0.1) is 0 Å². The molecule has 0 aromatic rings. The molecule has 30 rings (SSSR count). The third-order valence-corrected chi connectivity index (χ3v) is 21.8. The summed E-state index contributed by atoms with van der Waals surface area (Å²) >= 11 is 26.4. The maximum absolute atomic E-state index is 11.6. The maximum atomic E-state index is 11.6. The van der Waals surface area contributed by atoms with E-state index in [2.05, 4.69) is 127 Å². The van der Waals surface area contributed by atoms with Gasteiger partial charge in [-0.1, -0.05) is 127 Å². The van der Waals surface area contributed by atoms with E-state index in [0.717, 1.165) is 0 Å². The highest BCUT2D eigenvalue weighted by Gasteiger charge is 2.60. The molecule has 30 aliphatic heterocycles. The van der Waals surface area contributed by atoms with Crippen molar-refractivity contribution in [1.82, 2.24) is 0 Å². The SMILES string of the molecule is O[C@@H]1[C@@H](O)[C@H]2O[C@H]3[C@H](O)[C@@H](O)[C@@H](O[C@H]4[C@H](O)[C@@H](O)[C@@H](O[C@H]5[C@H](O)[C@@H](O)[C@@H](O[C@H]6[C@H](O)[C@@H](O)[C@@H](O[C@H]7[C@H](O)[C@@H](O)[C@@H](O[C@H]8[C@H](O)[C@@H](O)[C@@H](O[C@H]9[C@H](O)[C@@H](O)[C@@H](O[C@@H]1[C@@H](CBr)O2)O[C@@H]9CBr)O[C@@H]8CBr)O[C@@H]7CBr)O[C@@H]6CBr)O[C@@H]5CBr)O[C@@H]4CBr)O[C@@H]3CBr. The summed E-state index contributed by atoms with van der Waals surface area (Å²) in [6.07, 6.45) is -67.7. The molecule has 0 spiro atoms. The number of aliphatic hydroxyl groups is 16. The molecule has 16 N–H and O–H groups in total. The van der Waals surface area contributed by atoms with E-state index in [-0.39, 0.29) is 42.6 Å². The van der Waals surface area contributed by atoms with E-state index < -0.39 is 246 Å². The molecule has 30 fully saturated rings.